The van der Waals surface area contributed by atoms with E-state index in [1.165, 1.54) is 0 Å². The second-order valence-corrected chi connectivity index (χ2v) is 5.33. The van der Waals surface area contributed by atoms with Crippen molar-refractivity contribution in [3.8, 4) is 5.75 Å². The Labute approximate surface area is 159 Å². The Bertz CT molecular complexity index is 717. The van der Waals surface area contributed by atoms with Gasteiger partial charge < -0.3 is 29.9 Å². The Morgan fingerprint density at radius 3 is 2.33 bits per heavy atom. The maximum Gasteiger partial charge on any atom is 0.335 e. The number of carbonyl (C=O) groups is 1. The molecule has 1 saturated heterocycles. The zero-order valence-corrected chi connectivity index (χ0v) is 14.9. The number of benzene rings is 2. The molecule has 8 heteroatoms. The molecule has 0 bridgehead atoms. The molecule has 0 saturated carbocycles. The summed E-state index contributed by atoms with van der Waals surface area (Å²) in [5.41, 5.74) is 0. The van der Waals surface area contributed by atoms with Crippen LogP contribution in [-0.4, -0.2) is 86.7 Å². The molecule has 3 rings (SSSR count). The van der Waals surface area contributed by atoms with Gasteiger partial charge in [0.2, 0.25) is 6.29 Å². The summed E-state index contributed by atoms with van der Waals surface area (Å²) < 4.78 is 10.7. The van der Waals surface area contributed by atoms with E-state index in [9.17, 15) is 20.1 Å². The third kappa shape index (κ3) is 3.57. The summed E-state index contributed by atoms with van der Waals surface area (Å²) in [4.78, 5) is 11.1. The molecular formula is C16H16NaO7. The maximum absolute atomic E-state index is 11.1. The van der Waals surface area contributed by atoms with E-state index in [2.05, 4.69) is 0 Å². The third-order valence-corrected chi connectivity index (χ3v) is 3.81. The number of aliphatic hydroxyl groups is 3. The van der Waals surface area contributed by atoms with Crippen LogP contribution in [0.4, 0.5) is 0 Å². The average Bonchev–Trinajstić information content (AvgIpc) is 2.55. The van der Waals surface area contributed by atoms with Gasteiger partial charge in [-0.25, -0.2) is 4.79 Å². The number of rotatable bonds is 3. The standard InChI is InChI=1S/C16H16O7.Na/c17-11-12(18)14(15(20)21)23-16(13(11)19)22-10-7-3-5-8-4-1-2-6-9(8)10;/h1-7,11-14,16-19H,(H,20,21);. The number of carboxylic acids is 1. The molecule has 7 nitrogen and oxygen atoms in total. The Balaban J connectivity index is 0.00000208. The quantitative estimate of drug-likeness (QED) is 0.567. The van der Waals surface area contributed by atoms with Gasteiger partial charge in [0.05, 0.1) is 0 Å². The van der Waals surface area contributed by atoms with Gasteiger partial charge in [0.25, 0.3) is 0 Å². The SMILES string of the molecule is O=C(O)C1OC(Oc2cccc3ccccc23)C(O)C(O)C1O.[Na]. The smallest absolute Gasteiger partial charge is 0.335 e. The molecule has 5 atom stereocenters. The van der Waals surface area contributed by atoms with Crippen LogP contribution in [0.25, 0.3) is 10.8 Å². The largest absolute Gasteiger partial charge is 0.479 e. The molecule has 24 heavy (non-hydrogen) atoms. The van der Waals surface area contributed by atoms with Crippen LogP contribution in [0, 0.1) is 0 Å². The van der Waals surface area contributed by atoms with Crippen LogP contribution in [0.1, 0.15) is 0 Å². The number of ether oxygens (including phenoxy) is 2. The number of carboxylic acid groups (broad SMARTS) is 1. The van der Waals surface area contributed by atoms with E-state index >= 15 is 0 Å². The van der Waals surface area contributed by atoms with Crippen molar-refractivity contribution >= 4 is 46.3 Å². The Morgan fingerprint density at radius 1 is 0.958 bits per heavy atom. The van der Waals surface area contributed by atoms with Crippen LogP contribution in [0.5, 0.6) is 5.75 Å². The molecule has 5 unspecified atom stereocenters. The van der Waals surface area contributed by atoms with Crippen molar-refractivity contribution in [1.82, 2.24) is 0 Å². The molecule has 2 aromatic rings. The van der Waals surface area contributed by atoms with Gasteiger partial charge in [-0.2, -0.15) is 0 Å². The van der Waals surface area contributed by atoms with Crippen molar-refractivity contribution in [2.24, 2.45) is 0 Å². The van der Waals surface area contributed by atoms with E-state index in [1.54, 1.807) is 18.2 Å². The predicted molar refractivity (Wildman–Crippen MR) is 84.6 cm³/mol. The molecular weight excluding hydrogens is 327 g/mol. The molecule has 0 amide bonds. The molecule has 123 valence electrons. The maximum atomic E-state index is 11.1. The van der Waals surface area contributed by atoms with E-state index in [4.69, 9.17) is 14.6 Å². The van der Waals surface area contributed by atoms with E-state index in [1.807, 2.05) is 24.3 Å². The second kappa shape index (κ2) is 7.79. The topological polar surface area (TPSA) is 116 Å². The average molecular weight is 343 g/mol. The van der Waals surface area contributed by atoms with Gasteiger partial charge in [0.1, 0.15) is 24.1 Å². The van der Waals surface area contributed by atoms with Crippen molar-refractivity contribution in [3.63, 3.8) is 0 Å². The molecule has 1 heterocycles. The number of hydrogen-bond acceptors (Lipinski definition) is 6. The van der Waals surface area contributed by atoms with Crippen LogP contribution >= 0.6 is 0 Å². The predicted octanol–water partition coefficient (Wildman–Crippen LogP) is -0.270. The van der Waals surface area contributed by atoms with E-state index in [-0.39, 0.29) is 29.6 Å². The molecule has 0 aromatic heterocycles. The Hall–Kier alpha value is -1.19. The first kappa shape index (κ1) is 19.1. The third-order valence-electron chi connectivity index (χ3n) is 3.81. The van der Waals surface area contributed by atoms with Gasteiger partial charge in [-0.3, -0.25) is 0 Å². The summed E-state index contributed by atoms with van der Waals surface area (Å²) >= 11 is 0. The van der Waals surface area contributed by atoms with Gasteiger partial charge in [0.15, 0.2) is 6.10 Å². The summed E-state index contributed by atoms with van der Waals surface area (Å²) in [6.45, 7) is 0. The number of aliphatic carboxylic acids is 1. The van der Waals surface area contributed by atoms with Crippen molar-refractivity contribution in [1.29, 1.82) is 0 Å². The summed E-state index contributed by atoms with van der Waals surface area (Å²) in [7, 11) is 0. The molecule has 1 aliphatic rings. The van der Waals surface area contributed by atoms with Crippen molar-refractivity contribution < 1.29 is 34.7 Å². The molecule has 0 spiro atoms. The van der Waals surface area contributed by atoms with Crippen molar-refractivity contribution in [2.75, 3.05) is 0 Å². The minimum atomic E-state index is -1.74. The summed E-state index contributed by atoms with van der Waals surface area (Å²) in [6.07, 6.45) is -8.12. The second-order valence-electron chi connectivity index (χ2n) is 5.33. The number of fused-ring (bicyclic) bond motifs is 1. The van der Waals surface area contributed by atoms with Crippen LogP contribution in [0.2, 0.25) is 0 Å². The molecule has 1 radical (unpaired) electrons. The first-order chi connectivity index (χ1) is 11.0. The van der Waals surface area contributed by atoms with Crippen LogP contribution in [-0.2, 0) is 9.53 Å². The van der Waals surface area contributed by atoms with E-state index in [0.717, 1.165) is 10.8 Å². The molecule has 1 aliphatic heterocycles. The monoisotopic (exact) mass is 343 g/mol. The minimum Gasteiger partial charge on any atom is -0.479 e. The molecule has 4 N–H and O–H groups in total. The number of aliphatic hydroxyl groups excluding tert-OH is 3. The van der Waals surface area contributed by atoms with Gasteiger partial charge in [-0.1, -0.05) is 36.4 Å². The van der Waals surface area contributed by atoms with Crippen LogP contribution in [0.3, 0.4) is 0 Å². The zero-order chi connectivity index (χ0) is 16.6. The fourth-order valence-electron chi connectivity index (χ4n) is 2.57. The van der Waals surface area contributed by atoms with E-state index < -0.39 is 36.7 Å². The van der Waals surface area contributed by atoms with Crippen molar-refractivity contribution in [2.45, 2.75) is 30.7 Å². The number of hydrogen-bond donors (Lipinski definition) is 4. The summed E-state index contributed by atoms with van der Waals surface area (Å²) in [6, 6.07) is 12.6. The van der Waals surface area contributed by atoms with Gasteiger partial charge >= 0.3 is 5.97 Å². The van der Waals surface area contributed by atoms with Gasteiger partial charge in [-0.15, -0.1) is 0 Å². The van der Waals surface area contributed by atoms with Crippen LogP contribution < -0.4 is 4.74 Å². The van der Waals surface area contributed by atoms with Crippen molar-refractivity contribution in [3.05, 3.63) is 42.5 Å². The molecule has 1 fully saturated rings. The zero-order valence-electron chi connectivity index (χ0n) is 12.9. The molecule has 2 aromatic carbocycles. The van der Waals surface area contributed by atoms with Gasteiger partial charge in [0, 0.05) is 34.9 Å². The first-order valence-corrected chi connectivity index (χ1v) is 7.06. The summed E-state index contributed by atoms with van der Waals surface area (Å²) in [5.74, 6) is -1.07. The Kier molecular flexibility index (Phi) is 6.22. The summed E-state index contributed by atoms with van der Waals surface area (Å²) in [5, 5.41) is 40.1. The Morgan fingerprint density at radius 2 is 1.62 bits per heavy atom. The normalized spacial score (nSPS) is 29.7. The molecule has 0 aliphatic carbocycles. The minimum absolute atomic E-state index is 0. The van der Waals surface area contributed by atoms with Gasteiger partial charge in [-0.05, 0) is 11.5 Å². The van der Waals surface area contributed by atoms with E-state index in [0.29, 0.717) is 5.75 Å². The van der Waals surface area contributed by atoms with Crippen LogP contribution in [0.15, 0.2) is 42.5 Å². The fraction of sp³-hybridized carbons (Fsp3) is 0.312. The first-order valence-electron chi connectivity index (χ1n) is 7.06. The fourth-order valence-corrected chi connectivity index (χ4v) is 2.57.